The minimum Gasteiger partial charge on any atom is -0.493 e. The van der Waals surface area contributed by atoms with Crippen molar-refractivity contribution in [3.05, 3.63) is 30.1 Å². The molecule has 146 valence electrons. The molecule has 0 unspecified atom stereocenters. The smallest absolute Gasteiger partial charge is 0.227 e. The Morgan fingerprint density at radius 1 is 1.07 bits per heavy atom. The quantitative estimate of drug-likeness (QED) is 0.689. The fraction of sp³-hybridized carbons (Fsp3) is 0.600. The van der Waals surface area contributed by atoms with Crippen LogP contribution in [-0.4, -0.2) is 46.5 Å². The molecule has 1 aliphatic heterocycles. The molecule has 7 heteroatoms. The average molecular weight is 389 g/mol. The summed E-state index contributed by atoms with van der Waals surface area (Å²) in [5, 5.41) is 9.80. The molecule has 0 bridgehead atoms. The Bertz CT molecular complexity index is 754. The monoisotopic (exact) mass is 388 g/mol. The van der Waals surface area contributed by atoms with E-state index in [-0.39, 0.29) is 0 Å². The maximum Gasteiger partial charge on any atom is 0.227 e. The van der Waals surface area contributed by atoms with Crippen LogP contribution in [-0.2, 0) is 13.2 Å². The molecule has 2 aliphatic rings. The summed E-state index contributed by atoms with van der Waals surface area (Å²) in [5.41, 5.74) is 0. The molecule has 2 aromatic rings. The molecule has 0 spiro atoms. The highest BCUT2D eigenvalue weighted by Gasteiger charge is 2.28. The third kappa shape index (κ3) is 4.34. The molecule has 0 amide bonds. The molecule has 1 aromatic carbocycles. The van der Waals surface area contributed by atoms with Crippen LogP contribution in [0.15, 0.2) is 24.3 Å². The second-order valence-electron chi connectivity index (χ2n) is 7.33. The van der Waals surface area contributed by atoms with E-state index in [1.807, 2.05) is 36.0 Å². The Balaban J connectivity index is 1.49. The van der Waals surface area contributed by atoms with E-state index in [1.54, 1.807) is 7.11 Å². The number of aromatic nitrogens is 3. The zero-order valence-electron chi connectivity index (χ0n) is 16.1. The molecule has 1 saturated carbocycles. The van der Waals surface area contributed by atoms with Gasteiger partial charge in [-0.05, 0) is 50.0 Å². The normalized spacial score (nSPS) is 17.9. The van der Waals surface area contributed by atoms with Crippen molar-refractivity contribution in [3.63, 3.8) is 0 Å². The Morgan fingerprint density at radius 3 is 2.48 bits per heavy atom. The lowest BCUT2D eigenvalue weighted by atomic mass is 10.1. The van der Waals surface area contributed by atoms with E-state index in [2.05, 4.69) is 25.9 Å². The van der Waals surface area contributed by atoms with Crippen LogP contribution in [0.4, 0.5) is 5.95 Å². The van der Waals surface area contributed by atoms with Gasteiger partial charge >= 0.3 is 0 Å². The predicted molar refractivity (Wildman–Crippen MR) is 109 cm³/mol. The summed E-state index contributed by atoms with van der Waals surface area (Å²) in [6.07, 6.45) is 7.25. The Morgan fingerprint density at radius 2 is 1.81 bits per heavy atom. The number of benzene rings is 1. The second-order valence-corrected chi connectivity index (χ2v) is 8.47. The first kappa shape index (κ1) is 18.5. The van der Waals surface area contributed by atoms with Crippen molar-refractivity contribution in [2.75, 3.05) is 31.4 Å². The summed E-state index contributed by atoms with van der Waals surface area (Å²) in [5.74, 6) is 4.15. The van der Waals surface area contributed by atoms with Gasteiger partial charge in [-0.1, -0.05) is 12.1 Å². The molecule has 27 heavy (non-hydrogen) atoms. The van der Waals surface area contributed by atoms with Gasteiger partial charge in [0, 0.05) is 24.9 Å². The van der Waals surface area contributed by atoms with Gasteiger partial charge in [0.2, 0.25) is 5.95 Å². The van der Waals surface area contributed by atoms with Crippen molar-refractivity contribution in [1.82, 2.24) is 14.8 Å². The van der Waals surface area contributed by atoms with Gasteiger partial charge in [-0.15, -0.1) is 10.2 Å². The lowest BCUT2D eigenvalue weighted by Crippen LogP contribution is -2.36. The van der Waals surface area contributed by atoms with Gasteiger partial charge in [-0.2, -0.15) is 11.8 Å². The standard InChI is InChI=1S/C20H28N4O2S/c1-25-17-5-3-4-6-18(17)26-14-19-21-22-20(24(19)13-15-7-8-15)23-11-9-16(27-2)10-12-23/h3-6,15-16H,7-14H2,1-2H3. The van der Waals surface area contributed by atoms with Crippen LogP contribution in [0.25, 0.3) is 0 Å². The summed E-state index contributed by atoms with van der Waals surface area (Å²) in [6, 6.07) is 7.73. The summed E-state index contributed by atoms with van der Waals surface area (Å²) in [6.45, 7) is 3.51. The highest BCUT2D eigenvalue weighted by molar-refractivity contribution is 7.99. The van der Waals surface area contributed by atoms with Gasteiger partial charge in [0.15, 0.2) is 17.3 Å². The third-order valence-corrected chi connectivity index (χ3v) is 6.57. The molecule has 2 fully saturated rings. The maximum atomic E-state index is 6.02. The van der Waals surface area contributed by atoms with Crippen LogP contribution < -0.4 is 14.4 Å². The van der Waals surface area contributed by atoms with Crippen molar-refractivity contribution in [1.29, 1.82) is 0 Å². The largest absolute Gasteiger partial charge is 0.493 e. The van der Waals surface area contributed by atoms with E-state index in [1.165, 1.54) is 25.7 Å². The molecule has 0 N–H and O–H groups in total. The van der Waals surface area contributed by atoms with E-state index in [0.717, 1.165) is 54.1 Å². The summed E-state index contributed by atoms with van der Waals surface area (Å²) in [4.78, 5) is 2.40. The molecule has 1 aromatic heterocycles. The van der Waals surface area contributed by atoms with Gasteiger partial charge in [-0.25, -0.2) is 0 Å². The molecule has 0 radical (unpaired) electrons. The number of thioether (sulfide) groups is 1. The lowest BCUT2D eigenvalue weighted by molar-refractivity contribution is 0.270. The highest BCUT2D eigenvalue weighted by atomic mass is 32.2. The fourth-order valence-electron chi connectivity index (χ4n) is 3.58. The van der Waals surface area contributed by atoms with Crippen LogP contribution in [0.3, 0.4) is 0 Å². The van der Waals surface area contributed by atoms with Crippen molar-refractivity contribution >= 4 is 17.7 Å². The number of hydrogen-bond donors (Lipinski definition) is 0. The van der Waals surface area contributed by atoms with E-state index in [9.17, 15) is 0 Å². The minimum atomic E-state index is 0.404. The van der Waals surface area contributed by atoms with Crippen LogP contribution in [0.5, 0.6) is 11.5 Å². The van der Waals surface area contributed by atoms with Crippen molar-refractivity contribution in [3.8, 4) is 11.5 Å². The average Bonchev–Trinajstić information content (AvgIpc) is 3.45. The van der Waals surface area contributed by atoms with Gasteiger partial charge < -0.3 is 14.4 Å². The molecule has 1 saturated heterocycles. The van der Waals surface area contributed by atoms with Gasteiger partial charge in [0.1, 0.15) is 6.61 Å². The molecule has 2 heterocycles. The SMILES string of the molecule is COc1ccccc1OCc1nnc(N2CCC(SC)CC2)n1CC1CC1. The first-order valence-electron chi connectivity index (χ1n) is 9.74. The zero-order valence-corrected chi connectivity index (χ0v) is 17.0. The molecule has 1 aliphatic carbocycles. The van der Waals surface area contributed by atoms with Crippen LogP contribution >= 0.6 is 11.8 Å². The third-order valence-electron chi connectivity index (χ3n) is 5.43. The predicted octanol–water partition coefficient (Wildman–Crippen LogP) is 3.61. The van der Waals surface area contributed by atoms with Crippen LogP contribution in [0.2, 0.25) is 0 Å². The van der Waals surface area contributed by atoms with Gasteiger partial charge in [0.05, 0.1) is 7.11 Å². The molecule has 6 nitrogen and oxygen atoms in total. The number of anilines is 1. The molecular formula is C20H28N4O2S. The Hall–Kier alpha value is -1.89. The highest BCUT2D eigenvalue weighted by Crippen LogP contribution is 2.34. The van der Waals surface area contributed by atoms with E-state index in [4.69, 9.17) is 9.47 Å². The Labute approximate surface area is 165 Å². The molecule has 0 atom stereocenters. The number of piperidine rings is 1. The fourth-order valence-corrected chi connectivity index (χ4v) is 4.27. The summed E-state index contributed by atoms with van der Waals surface area (Å²) >= 11 is 1.98. The van der Waals surface area contributed by atoms with Crippen molar-refractivity contribution in [2.24, 2.45) is 5.92 Å². The van der Waals surface area contributed by atoms with E-state index < -0.39 is 0 Å². The van der Waals surface area contributed by atoms with Crippen LogP contribution in [0.1, 0.15) is 31.5 Å². The zero-order chi connectivity index (χ0) is 18.6. The lowest BCUT2D eigenvalue weighted by Gasteiger charge is -2.32. The number of hydrogen-bond acceptors (Lipinski definition) is 6. The van der Waals surface area contributed by atoms with Crippen molar-refractivity contribution in [2.45, 2.75) is 44.1 Å². The summed E-state index contributed by atoms with van der Waals surface area (Å²) < 4.78 is 13.7. The van der Waals surface area contributed by atoms with Crippen LogP contribution in [0, 0.1) is 5.92 Å². The Kier molecular flexibility index (Phi) is 5.76. The van der Waals surface area contributed by atoms with Gasteiger partial charge in [-0.3, -0.25) is 4.57 Å². The number of para-hydroxylation sites is 2. The summed E-state index contributed by atoms with van der Waals surface area (Å²) in [7, 11) is 1.66. The maximum absolute atomic E-state index is 6.02. The van der Waals surface area contributed by atoms with Crippen molar-refractivity contribution < 1.29 is 9.47 Å². The number of rotatable bonds is 8. The topological polar surface area (TPSA) is 52.4 Å². The van der Waals surface area contributed by atoms with Gasteiger partial charge in [0.25, 0.3) is 0 Å². The molecule has 4 rings (SSSR count). The van der Waals surface area contributed by atoms with E-state index in [0.29, 0.717) is 6.61 Å². The minimum absolute atomic E-state index is 0.404. The first-order chi connectivity index (χ1) is 13.3. The molecular weight excluding hydrogens is 360 g/mol. The number of methoxy groups -OCH3 is 1. The first-order valence-corrected chi connectivity index (χ1v) is 11.0. The number of nitrogens with zero attached hydrogens (tertiary/aromatic N) is 4. The number of ether oxygens (including phenoxy) is 2. The second kappa shape index (κ2) is 8.42. The van der Waals surface area contributed by atoms with E-state index >= 15 is 0 Å².